The summed E-state index contributed by atoms with van der Waals surface area (Å²) >= 11 is 3.50. The molecule has 0 aromatic carbocycles. The molecule has 0 spiro atoms. The van der Waals surface area contributed by atoms with Crippen molar-refractivity contribution in [3.8, 4) is 0 Å². The van der Waals surface area contributed by atoms with Crippen molar-refractivity contribution < 1.29 is 0 Å². The van der Waals surface area contributed by atoms with Gasteiger partial charge in [-0.3, -0.25) is 0 Å². The first-order chi connectivity index (χ1) is 8.06. The van der Waals surface area contributed by atoms with Crippen LogP contribution in [0, 0.1) is 6.92 Å². The van der Waals surface area contributed by atoms with Gasteiger partial charge in [-0.05, 0) is 54.8 Å². The van der Waals surface area contributed by atoms with Gasteiger partial charge in [-0.25, -0.2) is 4.98 Å². The molecular formula is C14H23BrN2. The summed E-state index contributed by atoms with van der Waals surface area (Å²) in [7, 11) is 0. The molecule has 0 saturated carbocycles. The van der Waals surface area contributed by atoms with Crippen molar-refractivity contribution in [2.75, 3.05) is 11.4 Å². The van der Waals surface area contributed by atoms with E-state index in [2.05, 4.69) is 59.6 Å². The normalized spacial score (nSPS) is 10.9. The van der Waals surface area contributed by atoms with Crippen molar-refractivity contribution in [1.29, 1.82) is 0 Å². The first-order valence-corrected chi connectivity index (χ1v) is 7.24. The molecule has 1 heterocycles. The average molecular weight is 299 g/mol. The molecule has 0 fully saturated rings. The van der Waals surface area contributed by atoms with Crippen LogP contribution in [0.15, 0.2) is 16.7 Å². The Balaban J connectivity index is 2.78. The van der Waals surface area contributed by atoms with Gasteiger partial charge in [0.1, 0.15) is 5.82 Å². The third-order valence-corrected chi connectivity index (χ3v) is 3.78. The molecule has 0 aliphatic rings. The Labute approximate surface area is 114 Å². The highest BCUT2D eigenvalue weighted by Gasteiger charge is 2.12. The lowest BCUT2D eigenvalue weighted by atomic mass is 10.2. The van der Waals surface area contributed by atoms with Crippen molar-refractivity contribution in [3.05, 3.63) is 22.3 Å². The number of anilines is 1. The summed E-state index contributed by atoms with van der Waals surface area (Å²) in [6, 6.07) is 2.66. The number of halogens is 1. The second-order valence-electron chi connectivity index (χ2n) is 4.79. The molecule has 0 aliphatic carbocycles. The standard InChI is InChI=1S/C14H23BrN2/c1-5-6-7-8-17(11(2)3)14-9-12(4)13(15)10-16-14/h9-11H,5-8H2,1-4H3. The van der Waals surface area contributed by atoms with Crippen LogP contribution in [-0.4, -0.2) is 17.6 Å². The van der Waals surface area contributed by atoms with Crippen LogP contribution in [0.5, 0.6) is 0 Å². The molecular weight excluding hydrogens is 276 g/mol. The monoisotopic (exact) mass is 298 g/mol. The van der Waals surface area contributed by atoms with Crippen molar-refractivity contribution in [1.82, 2.24) is 4.98 Å². The highest BCUT2D eigenvalue weighted by atomic mass is 79.9. The fraction of sp³-hybridized carbons (Fsp3) is 0.643. The summed E-state index contributed by atoms with van der Waals surface area (Å²) in [6.07, 6.45) is 5.70. The van der Waals surface area contributed by atoms with Gasteiger partial charge >= 0.3 is 0 Å². The molecule has 96 valence electrons. The molecule has 0 N–H and O–H groups in total. The highest BCUT2D eigenvalue weighted by Crippen LogP contribution is 2.21. The van der Waals surface area contributed by atoms with E-state index >= 15 is 0 Å². The predicted molar refractivity (Wildman–Crippen MR) is 78.7 cm³/mol. The van der Waals surface area contributed by atoms with E-state index in [1.807, 2.05) is 6.20 Å². The van der Waals surface area contributed by atoms with E-state index < -0.39 is 0 Å². The molecule has 1 aromatic heterocycles. The minimum atomic E-state index is 0.500. The third kappa shape index (κ3) is 4.30. The maximum atomic E-state index is 4.52. The van der Waals surface area contributed by atoms with Crippen LogP contribution < -0.4 is 4.90 Å². The smallest absolute Gasteiger partial charge is 0.129 e. The topological polar surface area (TPSA) is 16.1 Å². The van der Waals surface area contributed by atoms with Crippen molar-refractivity contribution >= 4 is 21.7 Å². The van der Waals surface area contributed by atoms with Crippen molar-refractivity contribution in [2.45, 2.75) is 53.0 Å². The Morgan fingerprint density at radius 3 is 2.59 bits per heavy atom. The molecule has 0 radical (unpaired) electrons. The minimum absolute atomic E-state index is 0.500. The van der Waals surface area contributed by atoms with Crippen molar-refractivity contribution in [2.24, 2.45) is 0 Å². The fourth-order valence-electron chi connectivity index (χ4n) is 1.85. The number of hydrogen-bond donors (Lipinski definition) is 0. The van der Waals surface area contributed by atoms with Crippen LogP contribution >= 0.6 is 15.9 Å². The molecule has 0 unspecified atom stereocenters. The van der Waals surface area contributed by atoms with Gasteiger partial charge < -0.3 is 4.90 Å². The van der Waals surface area contributed by atoms with Crippen LogP contribution in [0.2, 0.25) is 0 Å². The zero-order valence-corrected chi connectivity index (χ0v) is 12.9. The largest absolute Gasteiger partial charge is 0.354 e. The van der Waals surface area contributed by atoms with Gasteiger partial charge in [-0.2, -0.15) is 0 Å². The SMILES string of the molecule is CCCCCN(c1cc(C)c(Br)cn1)C(C)C. The number of pyridine rings is 1. The number of nitrogens with zero attached hydrogens (tertiary/aromatic N) is 2. The van der Waals surface area contributed by atoms with E-state index in [9.17, 15) is 0 Å². The number of aryl methyl sites for hydroxylation is 1. The lowest BCUT2D eigenvalue weighted by Crippen LogP contribution is -2.32. The lowest BCUT2D eigenvalue weighted by Gasteiger charge is -2.28. The molecule has 3 heteroatoms. The third-order valence-electron chi connectivity index (χ3n) is 2.95. The molecule has 0 amide bonds. The summed E-state index contributed by atoms with van der Waals surface area (Å²) < 4.78 is 1.08. The van der Waals surface area contributed by atoms with E-state index in [1.54, 1.807) is 0 Å². The Hall–Kier alpha value is -0.570. The molecule has 0 saturated heterocycles. The van der Waals surface area contributed by atoms with Gasteiger partial charge in [0.05, 0.1) is 0 Å². The quantitative estimate of drug-likeness (QED) is 0.716. The van der Waals surface area contributed by atoms with E-state index in [1.165, 1.54) is 24.8 Å². The summed E-state index contributed by atoms with van der Waals surface area (Å²) in [6.45, 7) is 9.90. The Morgan fingerprint density at radius 2 is 2.06 bits per heavy atom. The molecule has 0 bridgehead atoms. The molecule has 0 aliphatic heterocycles. The summed E-state index contributed by atoms with van der Waals surface area (Å²) in [5, 5.41) is 0. The summed E-state index contributed by atoms with van der Waals surface area (Å²) in [4.78, 5) is 6.90. The maximum Gasteiger partial charge on any atom is 0.129 e. The summed E-state index contributed by atoms with van der Waals surface area (Å²) in [5.41, 5.74) is 1.25. The van der Waals surface area contributed by atoms with Crippen LogP contribution in [0.1, 0.15) is 45.6 Å². The number of rotatable bonds is 6. The van der Waals surface area contributed by atoms with Gasteiger partial charge in [0.25, 0.3) is 0 Å². The van der Waals surface area contributed by atoms with Crippen LogP contribution in [0.3, 0.4) is 0 Å². The van der Waals surface area contributed by atoms with Gasteiger partial charge in [-0.15, -0.1) is 0 Å². The number of unbranched alkanes of at least 4 members (excludes halogenated alkanes) is 2. The Bertz CT molecular complexity index is 350. The molecule has 17 heavy (non-hydrogen) atoms. The average Bonchev–Trinajstić information content (AvgIpc) is 2.28. The van der Waals surface area contributed by atoms with Gasteiger partial charge in [0.15, 0.2) is 0 Å². The second-order valence-corrected chi connectivity index (χ2v) is 5.64. The van der Waals surface area contributed by atoms with Crippen LogP contribution in [-0.2, 0) is 0 Å². The molecule has 1 aromatic rings. The highest BCUT2D eigenvalue weighted by molar-refractivity contribution is 9.10. The van der Waals surface area contributed by atoms with E-state index in [0.717, 1.165) is 16.8 Å². The van der Waals surface area contributed by atoms with E-state index in [4.69, 9.17) is 0 Å². The molecule has 0 atom stereocenters. The zero-order chi connectivity index (χ0) is 12.8. The first kappa shape index (κ1) is 14.5. The number of hydrogen-bond acceptors (Lipinski definition) is 2. The Kier molecular flexibility index (Phi) is 5.96. The molecule has 2 nitrogen and oxygen atoms in total. The first-order valence-electron chi connectivity index (χ1n) is 6.45. The Morgan fingerprint density at radius 1 is 1.35 bits per heavy atom. The lowest BCUT2D eigenvalue weighted by molar-refractivity contribution is 0.619. The molecule has 1 rings (SSSR count). The van der Waals surface area contributed by atoms with E-state index in [0.29, 0.717) is 6.04 Å². The van der Waals surface area contributed by atoms with Crippen LogP contribution in [0.25, 0.3) is 0 Å². The predicted octanol–water partition coefficient (Wildman–Crippen LogP) is 4.56. The van der Waals surface area contributed by atoms with E-state index in [-0.39, 0.29) is 0 Å². The maximum absolute atomic E-state index is 4.52. The number of aromatic nitrogens is 1. The minimum Gasteiger partial charge on any atom is -0.354 e. The fourth-order valence-corrected chi connectivity index (χ4v) is 2.07. The summed E-state index contributed by atoms with van der Waals surface area (Å²) in [5.74, 6) is 1.09. The van der Waals surface area contributed by atoms with Crippen LogP contribution in [0.4, 0.5) is 5.82 Å². The second kappa shape index (κ2) is 7.00. The van der Waals surface area contributed by atoms with Gasteiger partial charge in [0, 0.05) is 23.3 Å². The van der Waals surface area contributed by atoms with Gasteiger partial charge in [0.2, 0.25) is 0 Å². The zero-order valence-electron chi connectivity index (χ0n) is 11.3. The van der Waals surface area contributed by atoms with Crippen molar-refractivity contribution in [3.63, 3.8) is 0 Å². The van der Waals surface area contributed by atoms with Gasteiger partial charge in [-0.1, -0.05) is 19.8 Å².